The average Bonchev–Trinajstić information content (AvgIpc) is 3.20. The molecule has 2 heterocycles. The summed E-state index contributed by atoms with van der Waals surface area (Å²) in [7, 11) is 0. The number of aromatic nitrogens is 1. The number of carbonyl (C=O) groups is 1. The van der Waals surface area contributed by atoms with Crippen molar-refractivity contribution in [1.82, 2.24) is 9.88 Å². The SMILES string of the molecule is O=C(Cc1csc(-c2cccc(CN3CCOCC3)c2)n1)Nc1c(Cl)cc(Cl)cc1Cl. The standard InChI is InChI=1S/C22H20Cl3N3O2S/c23-16-9-18(24)21(19(25)10-16)27-20(29)11-17-13-31-22(26-17)15-3-1-2-14(8-15)12-28-4-6-30-7-5-28/h1-3,8-10,13H,4-7,11-12H2,(H,27,29). The molecular formula is C22H20Cl3N3O2S. The minimum absolute atomic E-state index is 0.124. The number of nitrogens with zero attached hydrogens (tertiary/aromatic N) is 2. The third-order valence-electron chi connectivity index (χ3n) is 4.85. The molecule has 0 spiro atoms. The van der Waals surface area contributed by atoms with Crippen LogP contribution in [0, 0.1) is 0 Å². The lowest BCUT2D eigenvalue weighted by Crippen LogP contribution is -2.35. The Labute approximate surface area is 199 Å². The van der Waals surface area contributed by atoms with Gasteiger partial charge in [0.2, 0.25) is 5.91 Å². The molecular weight excluding hydrogens is 477 g/mol. The largest absolute Gasteiger partial charge is 0.379 e. The zero-order valence-electron chi connectivity index (χ0n) is 16.5. The third kappa shape index (κ3) is 5.98. The van der Waals surface area contributed by atoms with Crippen LogP contribution >= 0.6 is 46.1 Å². The minimum Gasteiger partial charge on any atom is -0.379 e. The fourth-order valence-electron chi connectivity index (χ4n) is 3.35. The first-order chi connectivity index (χ1) is 15.0. The number of rotatable bonds is 6. The van der Waals surface area contributed by atoms with Gasteiger partial charge >= 0.3 is 0 Å². The Morgan fingerprint density at radius 2 is 1.87 bits per heavy atom. The first kappa shape index (κ1) is 22.5. The van der Waals surface area contributed by atoms with Crippen molar-refractivity contribution in [3.63, 3.8) is 0 Å². The number of nitrogens with one attached hydrogen (secondary N) is 1. The van der Waals surface area contributed by atoms with Crippen molar-refractivity contribution in [3.8, 4) is 10.6 Å². The monoisotopic (exact) mass is 495 g/mol. The molecule has 1 aliphatic heterocycles. The smallest absolute Gasteiger partial charge is 0.230 e. The highest BCUT2D eigenvalue weighted by Crippen LogP contribution is 2.34. The molecule has 1 amide bonds. The fraction of sp³-hybridized carbons (Fsp3) is 0.273. The summed E-state index contributed by atoms with van der Waals surface area (Å²) in [4.78, 5) is 19.5. The Kier molecular flexibility index (Phi) is 7.48. The Hall–Kier alpha value is -1.67. The molecule has 2 aromatic carbocycles. The third-order valence-corrected chi connectivity index (χ3v) is 6.60. The van der Waals surface area contributed by atoms with Gasteiger partial charge < -0.3 is 10.1 Å². The molecule has 1 aromatic heterocycles. The molecule has 9 heteroatoms. The molecule has 0 radical (unpaired) electrons. The molecule has 0 atom stereocenters. The van der Waals surface area contributed by atoms with E-state index in [2.05, 4.69) is 27.3 Å². The van der Waals surface area contributed by atoms with E-state index < -0.39 is 0 Å². The van der Waals surface area contributed by atoms with E-state index in [0.29, 0.717) is 26.4 Å². The van der Waals surface area contributed by atoms with Gasteiger partial charge in [-0.1, -0.05) is 53.0 Å². The van der Waals surface area contributed by atoms with E-state index in [1.807, 2.05) is 17.5 Å². The zero-order chi connectivity index (χ0) is 21.8. The van der Waals surface area contributed by atoms with Crippen LogP contribution in [-0.2, 0) is 22.5 Å². The number of thiazole rings is 1. The van der Waals surface area contributed by atoms with E-state index in [1.165, 1.54) is 29.0 Å². The van der Waals surface area contributed by atoms with Gasteiger partial charge in [0.1, 0.15) is 5.01 Å². The number of hydrogen-bond acceptors (Lipinski definition) is 5. The number of anilines is 1. The second kappa shape index (κ2) is 10.3. The molecule has 0 saturated carbocycles. The van der Waals surface area contributed by atoms with Crippen LogP contribution in [0.3, 0.4) is 0 Å². The van der Waals surface area contributed by atoms with Gasteiger partial charge in [-0.3, -0.25) is 9.69 Å². The normalized spacial score (nSPS) is 14.5. The maximum absolute atomic E-state index is 12.5. The molecule has 5 nitrogen and oxygen atoms in total. The summed E-state index contributed by atoms with van der Waals surface area (Å²) in [6, 6.07) is 11.4. The molecule has 1 fully saturated rings. The number of amides is 1. The van der Waals surface area contributed by atoms with Crippen LogP contribution < -0.4 is 5.32 Å². The topological polar surface area (TPSA) is 54.5 Å². The van der Waals surface area contributed by atoms with Gasteiger partial charge in [0.15, 0.2) is 0 Å². The van der Waals surface area contributed by atoms with Crippen molar-refractivity contribution in [3.05, 3.63) is 68.1 Å². The van der Waals surface area contributed by atoms with Gasteiger partial charge in [0.25, 0.3) is 0 Å². The van der Waals surface area contributed by atoms with E-state index in [9.17, 15) is 4.79 Å². The fourth-order valence-corrected chi connectivity index (χ4v) is 5.08. The Bertz CT molecular complexity index is 1060. The van der Waals surface area contributed by atoms with Crippen molar-refractivity contribution >= 4 is 57.7 Å². The van der Waals surface area contributed by atoms with E-state index in [0.717, 1.165) is 43.4 Å². The van der Waals surface area contributed by atoms with Crippen LogP contribution in [-0.4, -0.2) is 42.1 Å². The molecule has 1 N–H and O–H groups in total. The number of hydrogen-bond donors (Lipinski definition) is 1. The van der Waals surface area contributed by atoms with Crippen LogP contribution in [0.1, 0.15) is 11.3 Å². The van der Waals surface area contributed by atoms with E-state index in [-0.39, 0.29) is 12.3 Å². The summed E-state index contributed by atoms with van der Waals surface area (Å²) < 4.78 is 5.42. The van der Waals surface area contributed by atoms with Crippen LogP contribution in [0.4, 0.5) is 5.69 Å². The molecule has 1 saturated heterocycles. The number of carbonyl (C=O) groups excluding carboxylic acids is 1. The van der Waals surface area contributed by atoms with Crippen molar-refractivity contribution in [2.45, 2.75) is 13.0 Å². The molecule has 0 bridgehead atoms. The van der Waals surface area contributed by atoms with Crippen molar-refractivity contribution < 1.29 is 9.53 Å². The lowest BCUT2D eigenvalue weighted by atomic mass is 10.1. The summed E-state index contributed by atoms with van der Waals surface area (Å²) >= 11 is 19.7. The number of benzene rings is 2. The molecule has 31 heavy (non-hydrogen) atoms. The van der Waals surface area contributed by atoms with E-state index in [4.69, 9.17) is 39.5 Å². The minimum atomic E-state index is -0.246. The maximum atomic E-state index is 12.5. The van der Waals surface area contributed by atoms with Gasteiger partial charge in [0, 0.05) is 35.6 Å². The summed E-state index contributed by atoms with van der Waals surface area (Å²) in [5, 5.41) is 6.52. The van der Waals surface area contributed by atoms with Crippen LogP contribution in [0.15, 0.2) is 41.8 Å². The van der Waals surface area contributed by atoms with Crippen LogP contribution in [0.25, 0.3) is 10.6 Å². The molecule has 0 aliphatic carbocycles. The van der Waals surface area contributed by atoms with Gasteiger partial charge in [-0.05, 0) is 23.8 Å². The maximum Gasteiger partial charge on any atom is 0.230 e. The Balaban J connectivity index is 1.41. The first-order valence-electron chi connectivity index (χ1n) is 9.76. The summed E-state index contributed by atoms with van der Waals surface area (Å²) in [6.45, 7) is 4.35. The van der Waals surface area contributed by atoms with Gasteiger partial charge in [-0.2, -0.15) is 0 Å². The van der Waals surface area contributed by atoms with Gasteiger partial charge in [-0.25, -0.2) is 4.98 Å². The van der Waals surface area contributed by atoms with E-state index in [1.54, 1.807) is 0 Å². The zero-order valence-corrected chi connectivity index (χ0v) is 19.6. The first-order valence-corrected chi connectivity index (χ1v) is 11.8. The predicted octanol–water partition coefficient (Wildman–Crippen LogP) is 5.78. The highest BCUT2D eigenvalue weighted by molar-refractivity contribution is 7.13. The lowest BCUT2D eigenvalue weighted by Gasteiger charge is -2.26. The molecule has 0 unspecified atom stereocenters. The number of ether oxygens (including phenoxy) is 1. The number of morpholine rings is 1. The molecule has 1 aliphatic rings. The second-order valence-electron chi connectivity index (χ2n) is 7.20. The quantitative estimate of drug-likeness (QED) is 0.470. The highest BCUT2D eigenvalue weighted by atomic mass is 35.5. The number of halogens is 3. The molecule has 3 aromatic rings. The second-order valence-corrected chi connectivity index (χ2v) is 9.31. The van der Waals surface area contributed by atoms with Crippen molar-refractivity contribution in [2.75, 3.05) is 31.6 Å². The molecule has 162 valence electrons. The van der Waals surface area contributed by atoms with Crippen molar-refractivity contribution in [2.24, 2.45) is 0 Å². The van der Waals surface area contributed by atoms with Crippen molar-refractivity contribution in [1.29, 1.82) is 0 Å². The predicted molar refractivity (Wildman–Crippen MR) is 127 cm³/mol. The summed E-state index contributed by atoms with van der Waals surface area (Å²) in [5.41, 5.74) is 3.33. The highest BCUT2D eigenvalue weighted by Gasteiger charge is 2.15. The van der Waals surface area contributed by atoms with Crippen LogP contribution in [0.2, 0.25) is 15.1 Å². The Morgan fingerprint density at radius 3 is 2.61 bits per heavy atom. The van der Waals surface area contributed by atoms with E-state index >= 15 is 0 Å². The average molecular weight is 497 g/mol. The van der Waals surface area contributed by atoms with Gasteiger partial charge in [0.05, 0.1) is 41.1 Å². The summed E-state index contributed by atoms with van der Waals surface area (Å²) in [6.07, 6.45) is 0.124. The lowest BCUT2D eigenvalue weighted by molar-refractivity contribution is -0.115. The summed E-state index contributed by atoms with van der Waals surface area (Å²) in [5.74, 6) is -0.246. The van der Waals surface area contributed by atoms with Gasteiger partial charge in [-0.15, -0.1) is 11.3 Å². The molecule has 4 rings (SSSR count). The Morgan fingerprint density at radius 1 is 1.13 bits per heavy atom. The van der Waals surface area contributed by atoms with Crippen LogP contribution in [0.5, 0.6) is 0 Å².